The van der Waals surface area contributed by atoms with Gasteiger partial charge in [-0.25, -0.2) is 9.69 Å². The number of carbonyl (C=O) groups excluding carboxylic acids is 2. The smallest absolute Gasteiger partial charge is 0.417 e. The highest BCUT2D eigenvalue weighted by Gasteiger charge is 2.36. The van der Waals surface area contributed by atoms with Gasteiger partial charge in [0.05, 0.1) is 6.04 Å². The van der Waals surface area contributed by atoms with Gasteiger partial charge >= 0.3 is 6.09 Å². The van der Waals surface area contributed by atoms with Crippen molar-refractivity contribution in [2.24, 2.45) is 0 Å². The summed E-state index contributed by atoms with van der Waals surface area (Å²) in [5.41, 5.74) is 2.02. The minimum Gasteiger partial charge on any atom is -0.447 e. The third kappa shape index (κ3) is 3.26. The highest BCUT2D eigenvalue weighted by atomic mass is 32.1. The SMILES string of the molecule is O=C(C=Cc1ccsc1)N1C(=O)OCC1Cc1ccccc1. The fraction of sp³-hybridized carbons (Fsp3) is 0.176. The van der Waals surface area contributed by atoms with Crippen molar-refractivity contribution in [1.29, 1.82) is 0 Å². The van der Waals surface area contributed by atoms with E-state index >= 15 is 0 Å². The Morgan fingerprint density at radius 3 is 2.86 bits per heavy atom. The Morgan fingerprint density at radius 1 is 1.32 bits per heavy atom. The van der Waals surface area contributed by atoms with Crippen LogP contribution in [0.25, 0.3) is 6.08 Å². The first-order valence-electron chi connectivity index (χ1n) is 6.98. The van der Waals surface area contributed by atoms with Crippen molar-refractivity contribution < 1.29 is 14.3 Å². The molecule has 5 heteroatoms. The van der Waals surface area contributed by atoms with E-state index in [0.29, 0.717) is 6.42 Å². The van der Waals surface area contributed by atoms with Crippen LogP contribution in [-0.2, 0) is 16.0 Å². The van der Waals surface area contributed by atoms with Crippen molar-refractivity contribution in [2.45, 2.75) is 12.5 Å². The summed E-state index contributed by atoms with van der Waals surface area (Å²) in [6, 6.07) is 11.4. The fourth-order valence-corrected chi connectivity index (χ4v) is 3.01. The molecule has 22 heavy (non-hydrogen) atoms. The molecule has 0 saturated carbocycles. The Morgan fingerprint density at radius 2 is 2.14 bits per heavy atom. The summed E-state index contributed by atoms with van der Waals surface area (Å²) in [5, 5.41) is 3.88. The zero-order valence-corrected chi connectivity index (χ0v) is 12.7. The molecule has 1 aromatic heterocycles. The van der Waals surface area contributed by atoms with Gasteiger partial charge in [0, 0.05) is 6.08 Å². The predicted molar refractivity (Wildman–Crippen MR) is 85.5 cm³/mol. The van der Waals surface area contributed by atoms with E-state index in [0.717, 1.165) is 11.1 Å². The molecule has 1 aliphatic rings. The lowest BCUT2D eigenvalue weighted by molar-refractivity contribution is -0.124. The first-order valence-corrected chi connectivity index (χ1v) is 7.92. The summed E-state index contributed by atoms with van der Waals surface area (Å²) >= 11 is 1.56. The second-order valence-corrected chi connectivity index (χ2v) is 5.80. The number of amides is 2. The summed E-state index contributed by atoms with van der Waals surface area (Å²) < 4.78 is 5.04. The fourth-order valence-electron chi connectivity index (χ4n) is 2.38. The van der Waals surface area contributed by atoms with Crippen LogP contribution in [0.2, 0.25) is 0 Å². The van der Waals surface area contributed by atoms with Crippen LogP contribution in [0.3, 0.4) is 0 Å². The van der Waals surface area contributed by atoms with Gasteiger partial charge in [0.15, 0.2) is 0 Å². The molecule has 1 atom stereocenters. The lowest BCUT2D eigenvalue weighted by atomic mass is 10.1. The van der Waals surface area contributed by atoms with Gasteiger partial charge in [-0.1, -0.05) is 30.3 Å². The van der Waals surface area contributed by atoms with Crippen LogP contribution >= 0.6 is 11.3 Å². The molecule has 0 spiro atoms. The Kier molecular flexibility index (Phi) is 4.34. The van der Waals surface area contributed by atoms with E-state index in [9.17, 15) is 9.59 Å². The topological polar surface area (TPSA) is 46.6 Å². The van der Waals surface area contributed by atoms with Gasteiger partial charge in [0.2, 0.25) is 0 Å². The highest BCUT2D eigenvalue weighted by molar-refractivity contribution is 7.08. The molecule has 0 radical (unpaired) electrons. The maximum Gasteiger partial charge on any atom is 0.417 e. The molecule has 1 aliphatic heterocycles. The number of carbonyl (C=O) groups is 2. The van der Waals surface area contributed by atoms with E-state index < -0.39 is 6.09 Å². The molecule has 4 nitrogen and oxygen atoms in total. The molecule has 2 aromatic rings. The van der Waals surface area contributed by atoms with Gasteiger partial charge in [-0.15, -0.1) is 0 Å². The molecule has 1 saturated heterocycles. The lowest BCUT2D eigenvalue weighted by Gasteiger charge is -2.18. The van der Waals surface area contributed by atoms with Crippen LogP contribution in [0.1, 0.15) is 11.1 Å². The number of rotatable bonds is 4. The van der Waals surface area contributed by atoms with Crippen LogP contribution in [-0.4, -0.2) is 29.5 Å². The zero-order valence-electron chi connectivity index (χ0n) is 11.8. The van der Waals surface area contributed by atoms with Crippen LogP contribution in [0.4, 0.5) is 4.79 Å². The van der Waals surface area contributed by atoms with Gasteiger partial charge in [-0.05, 0) is 40.5 Å². The Labute approximate surface area is 132 Å². The van der Waals surface area contributed by atoms with Crippen LogP contribution in [0, 0.1) is 0 Å². The third-order valence-electron chi connectivity index (χ3n) is 3.47. The molecule has 1 fully saturated rings. The minimum absolute atomic E-state index is 0.242. The zero-order chi connectivity index (χ0) is 15.4. The van der Waals surface area contributed by atoms with Crippen LogP contribution < -0.4 is 0 Å². The Balaban J connectivity index is 1.72. The normalized spacial score (nSPS) is 17.9. The number of hydrogen-bond acceptors (Lipinski definition) is 4. The largest absolute Gasteiger partial charge is 0.447 e. The second kappa shape index (κ2) is 6.58. The van der Waals surface area contributed by atoms with Gasteiger partial charge in [0.25, 0.3) is 5.91 Å². The van der Waals surface area contributed by atoms with Crippen LogP contribution in [0.15, 0.2) is 53.2 Å². The van der Waals surface area contributed by atoms with E-state index in [1.165, 1.54) is 11.0 Å². The summed E-state index contributed by atoms with van der Waals surface area (Å²) in [5.74, 6) is -0.338. The molecule has 0 bridgehead atoms. The lowest BCUT2D eigenvalue weighted by Crippen LogP contribution is -2.39. The quantitative estimate of drug-likeness (QED) is 0.813. The van der Waals surface area contributed by atoms with E-state index in [1.54, 1.807) is 17.4 Å². The standard InChI is InChI=1S/C17H15NO3S/c19-16(7-6-14-8-9-22-12-14)18-15(11-21-17(18)20)10-13-4-2-1-3-5-13/h1-9,12,15H,10-11H2. The maximum atomic E-state index is 12.3. The predicted octanol–water partition coefficient (Wildman–Crippen LogP) is 3.35. The number of cyclic esters (lactones) is 1. The van der Waals surface area contributed by atoms with Crippen molar-refractivity contribution >= 4 is 29.4 Å². The maximum absolute atomic E-state index is 12.3. The molecule has 2 heterocycles. The number of nitrogens with zero attached hydrogens (tertiary/aromatic N) is 1. The van der Waals surface area contributed by atoms with Crippen molar-refractivity contribution in [3.63, 3.8) is 0 Å². The van der Waals surface area contributed by atoms with E-state index in [-0.39, 0.29) is 18.6 Å². The molecular weight excluding hydrogens is 298 g/mol. The molecule has 1 unspecified atom stereocenters. The van der Waals surface area contributed by atoms with Crippen molar-refractivity contribution in [3.05, 3.63) is 64.4 Å². The first kappa shape index (κ1) is 14.5. The van der Waals surface area contributed by atoms with Gasteiger partial charge in [-0.3, -0.25) is 4.79 Å². The Bertz CT molecular complexity index is 679. The third-order valence-corrected chi connectivity index (χ3v) is 4.18. The van der Waals surface area contributed by atoms with Gasteiger partial charge in [0.1, 0.15) is 6.61 Å². The highest BCUT2D eigenvalue weighted by Crippen LogP contribution is 2.18. The monoisotopic (exact) mass is 313 g/mol. The molecule has 0 N–H and O–H groups in total. The second-order valence-electron chi connectivity index (χ2n) is 5.02. The molecule has 2 amide bonds. The minimum atomic E-state index is -0.569. The van der Waals surface area contributed by atoms with Crippen molar-refractivity contribution in [2.75, 3.05) is 6.61 Å². The van der Waals surface area contributed by atoms with Crippen LogP contribution in [0.5, 0.6) is 0 Å². The molecule has 3 rings (SSSR count). The summed E-state index contributed by atoms with van der Waals surface area (Å²) in [6.07, 6.45) is 3.17. The summed E-state index contributed by atoms with van der Waals surface area (Å²) in [6.45, 7) is 0.242. The molecular formula is C17H15NO3S. The van der Waals surface area contributed by atoms with Gasteiger partial charge < -0.3 is 4.74 Å². The van der Waals surface area contributed by atoms with Gasteiger partial charge in [-0.2, -0.15) is 11.3 Å². The number of thiophene rings is 1. The number of imide groups is 1. The summed E-state index contributed by atoms with van der Waals surface area (Å²) in [7, 11) is 0. The molecule has 1 aromatic carbocycles. The average Bonchev–Trinajstić information content (AvgIpc) is 3.16. The molecule has 0 aliphatic carbocycles. The average molecular weight is 313 g/mol. The first-order chi connectivity index (χ1) is 10.7. The number of ether oxygens (including phenoxy) is 1. The Hall–Kier alpha value is -2.40. The van der Waals surface area contributed by atoms with Crippen molar-refractivity contribution in [1.82, 2.24) is 4.90 Å². The number of benzene rings is 1. The van der Waals surface area contributed by atoms with E-state index in [4.69, 9.17) is 4.74 Å². The summed E-state index contributed by atoms with van der Waals surface area (Å²) in [4.78, 5) is 25.3. The number of hydrogen-bond donors (Lipinski definition) is 0. The molecule has 112 valence electrons. The van der Waals surface area contributed by atoms with Crippen molar-refractivity contribution in [3.8, 4) is 0 Å². The van der Waals surface area contributed by atoms with E-state index in [1.807, 2.05) is 47.2 Å². The van der Waals surface area contributed by atoms with E-state index in [2.05, 4.69) is 0 Å².